The number of carbonyl (C=O) groups excluding carboxylic acids is 1. The largest absolute Gasteiger partial charge is 0.337 e. The zero-order valence-electron chi connectivity index (χ0n) is 14.6. The quantitative estimate of drug-likeness (QED) is 0.690. The van der Waals surface area contributed by atoms with Crippen molar-refractivity contribution in [3.05, 3.63) is 47.9 Å². The highest BCUT2D eigenvalue weighted by atomic mass is 16.5. The molecule has 0 bridgehead atoms. The third kappa shape index (κ3) is 2.96. The van der Waals surface area contributed by atoms with E-state index in [0.29, 0.717) is 24.7 Å². The minimum atomic E-state index is -0.284. The second-order valence-electron chi connectivity index (χ2n) is 6.58. The number of rotatable bonds is 5. The van der Waals surface area contributed by atoms with Gasteiger partial charge in [0.25, 0.3) is 0 Å². The Hall–Kier alpha value is -3.10. The molecule has 1 aromatic carbocycles. The number of amides is 1. The molecule has 9 heteroatoms. The van der Waals surface area contributed by atoms with Crippen molar-refractivity contribution in [3.8, 4) is 0 Å². The number of tetrazole rings is 1. The van der Waals surface area contributed by atoms with Crippen LogP contribution in [0, 0.1) is 0 Å². The fourth-order valence-electron chi connectivity index (χ4n) is 3.12. The van der Waals surface area contributed by atoms with Gasteiger partial charge in [0, 0.05) is 24.4 Å². The van der Waals surface area contributed by atoms with Crippen molar-refractivity contribution < 1.29 is 9.32 Å². The predicted molar refractivity (Wildman–Crippen MR) is 91.2 cm³/mol. The number of para-hydroxylation sites is 1. The number of anilines is 1. The Morgan fingerprint density at radius 2 is 2.19 bits per heavy atom. The summed E-state index contributed by atoms with van der Waals surface area (Å²) >= 11 is 0. The van der Waals surface area contributed by atoms with Crippen molar-refractivity contribution in [3.63, 3.8) is 0 Å². The molecule has 0 N–H and O–H groups in total. The SMILES string of the molecule is CC(C)c1noc(C2Cc3ccccc3N2C(=O)CCn2cnnn2)n1. The molecule has 1 aliphatic rings. The zero-order chi connectivity index (χ0) is 18.1. The summed E-state index contributed by atoms with van der Waals surface area (Å²) < 4.78 is 7.02. The number of carbonyl (C=O) groups is 1. The van der Waals surface area contributed by atoms with Crippen molar-refractivity contribution >= 4 is 11.6 Å². The molecule has 0 aliphatic carbocycles. The van der Waals surface area contributed by atoms with E-state index in [0.717, 1.165) is 11.3 Å². The summed E-state index contributed by atoms with van der Waals surface area (Å²) in [6, 6.07) is 7.59. The number of hydrogen-bond donors (Lipinski definition) is 0. The zero-order valence-corrected chi connectivity index (χ0v) is 14.6. The fourth-order valence-corrected chi connectivity index (χ4v) is 3.12. The molecule has 1 amide bonds. The number of aromatic nitrogens is 6. The molecule has 2 aromatic heterocycles. The highest BCUT2D eigenvalue weighted by molar-refractivity contribution is 5.96. The van der Waals surface area contributed by atoms with Crippen molar-refractivity contribution in [2.75, 3.05) is 4.90 Å². The molecule has 1 aliphatic heterocycles. The van der Waals surface area contributed by atoms with Crippen LogP contribution >= 0.6 is 0 Å². The maximum Gasteiger partial charge on any atom is 0.250 e. The van der Waals surface area contributed by atoms with Crippen LogP contribution in [0.25, 0.3) is 0 Å². The molecule has 0 fully saturated rings. The van der Waals surface area contributed by atoms with E-state index < -0.39 is 0 Å². The third-order valence-electron chi connectivity index (χ3n) is 4.45. The van der Waals surface area contributed by atoms with Gasteiger partial charge in [-0.15, -0.1) is 5.10 Å². The van der Waals surface area contributed by atoms with E-state index in [1.54, 1.807) is 9.58 Å². The van der Waals surface area contributed by atoms with Crippen LogP contribution in [-0.4, -0.2) is 36.3 Å². The molecule has 9 nitrogen and oxygen atoms in total. The van der Waals surface area contributed by atoms with Gasteiger partial charge >= 0.3 is 0 Å². The molecular weight excluding hydrogens is 334 g/mol. The van der Waals surface area contributed by atoms with E-state index in [1.165, 1.54) is 6.33 Å². The van der Waals surface area contributed by atoms with Crippen molar-refractivity contribution in [2.24, 2.45) is 0 Å². The van der Waals surface area contributed by atoms with Crippen molar-refractivity contribution in [2.45, 2.75) is 45.2 Å². The van der Waals surface area contributed by atoms with Crippen LogP contribution in [0.5, 0.6) is 0 Å². The lowest BCUT2D eigenvalue weighted by Crippen LogP contribution is -2.33. The summed E-state index contributed by atoms with van der Waals surface area (Å²) in [5.74, 6) is 1.26. The Morgan fingerprint density at radius 1 is 1.35 bits per heavy atom. The second-order valence-corrected chi connectivity index (χ2v) is 6.58. The first-order valence-electron chi connectivity index (χ1n) is 8.57. The maximum atomic E-state index is 13.0. The third-order valence-corrected chi connectivity index (χ3v) is 4.45. The van der Waals surface area contributed by atoms with Gasteiger partial charge in [0.2, 0.25) is 11.8 Å². The first kappa shape index (κ1) is 16.4. The molecule has 0 radical (unpaired) electrons. The number of fused-ring (bicyclic) bond motifs is 1. The molecule has 134 valence electrons. The Labute approximate surface area is 150 Å². The first-order valence-corrected chi connectivity index (χ1v) is 8.57. The molecule has 0 saturated carbocycles. The number of hydrogen-bond acceptors (Lipinski definition) is 7. The highest BCUT2D eigenvalue weighted by Crippen LogP contribution is 2.40. The normalized spacial score (nSPS) is 16.3. The lowest BCUT2D eigenvalue weighted by atomic mass is 10.1. The summed E-state index contributed by atoms with van der Waals surface area (Å²) in [5, 5.41) is 15.0. The molecule has 4 rings (SSSR count). The van der Waals surface area contributed by atoms with E-state index in [4.69, 9.17) is 4.52 Å². The van der Waals surface area contributed by atoms with Gasteiger partial charge in [0.1, 0.15) is 12.4 Å². The molecule has 0 saturated heterocycles. The van der Waals surface area contributed by atoms with Gasteiger partial charge in [-0.05, 0) is 22.1 Å². The Bertz CT molecular complexity index is 903. The monoisotopic (exact) mass is 353 g/mol. The smallest absolute Gasteiger partial charge is 0.250 e. The number of aryl methyl sites for hydroxylation is 1. The number of benzene rings is 1. The Balaban J connectivity index is 1.61. The van der Waals surface area contributed by atoms with Gasteiger partial charge in [-0.1, -0.05) is 37.2 Å². The first-order chi connectivity index (χ1) is 12.6. The van der Waals surface area contributed by atoms with Crippen molar-refractivity contribution in [1.29, 1.82) is 0 Å². The van der Waals surface area contributed by atoms with Gasteiger partial charge in [0.15, 0.2) is 5.82 Å². The van der Waals surface area contributed by atoms with E-state index >= 15 is 0 Å². The fraction of sp³-hybridized carbons (Fsp3) is 0.412. The van der Waals surface area contributed by atoms with Crippen LogP contribution < -0.4 is 4.90 Å². The molecular formula is C17H19N7O2. The topological polar surface area (TPSA) is 103 Å². The highest BCUT2D eigenvalue weighted by Gasteiger charge is 2.38. The van der Waals surface area contributed by atoms with E-state index in [2.05, 4.69) is 25.7 Å². The van der Waals surface area contributed by atoms with Gasteiger partial charge in [-0.2, -0.15) is 4.98 Å². The Morgan fingerprint density at radius 3 is 2.92 bits per heavy atom. The van der Waals surface area contributed by atoms with Gasteiger partial charge in [0.05, 0.1) is 6.54 Å². The summed E-state index contributed by atoms with van der Waals surface area (Å²) in [4.78, 5) is 19.3. The summed E-state index contributed by atoms with van der Waals surface area (Å²) in [5.41, 5.74) is 1.99. The lowest BCUT2D eigenvalue weighted by molar-refractivity contribution is -0.119. The average Bonchev–Trinajstić information content (AvgIpc) is 3.38. The van der Waals surface area contributed by atoms with Gasteiger partial charge in [-0.25, -0.2) is 4.68 Å². The summed E-state index contributed by atoms with van der Waals surface area (Å²) in [7, 11) is 0. The molecule has 1 unspecified atom stereocenters. The van der Waals surface area contributed by atoms with Gasteiger partial charge in [-0.3, -0.25) is 9.69 Å². The lowest BCUT2D eigenvalue weighted by Gasteiger charge is -2.23. The standard InChI is InChI=1S/C17H19N7O2/c1-11(2)16-19-17(26-20-16)14-9-12-5-3-4-6-13(12)24(14)15(25)7-8-23-10-18-21-22-23/h3-6,10-11,14H,7-9H2,1-2H3. The molecule has 26 heavy (non-hydrogen) atoms. The van der Waals surface area contributed by atoms with Crippen LogP contribution in [-0.2, 0) is 17.8 Å². The van der Waals surface area contributed by atoms with E-state index in [9.17, 15) is 4.79 Å². The van der Waals surface area contributed by atoms with Gasteiger partial charge < -0.3 is 4.52 Å². The Kier molecular flexibility index (Phi) is 4.19. The van der Waals surface area contributed by atoms with Crippen LogP contribution in [0.2, 0.25) is 0 Å². The van der Waals surface area contributed by atoms with Crippen LogP contribution in [0.1, 0.15) is 49.5 Å². The summed E-state index contributed by atoms with van der Waals surface area (Å²) in [6.45, 7) is 4.43. The average molecular weight is 353 g/mol. The maximum absolute atomic E-state index is 13.0. The van der Waals surface area contributed by atoms with Crippen LogP contribution in [0.4, 0.5) is 5.69 Å². The number of nitrogens with zero attached hydrogens (tertiary/aromatic N) is 7. The molecule has 0 spiro atoms. The summed E-state index contributed by atoms with van der Waals surface area (Å²) in [6.07, 6.45) is 2.43. The van der Waals surface area contributed by atoms with E-state index in [1.807, 2.05) is 38.1 Å². The molecule has 3 heterocycles. The molecule has 1 atom stereocenters. The molecule has 3 aromatic rings. The van der Waals surface area contributed by atoms with Crippen LogP contribution in [0.15, 0.2) is 35.1 Å². The van der Waals surface area contributed by atoms with E-state index in [-0.39, 0.29) is 24.3 Å². The predicted octanol–water partition coefficient (Wildman–Crippen LogP) is 1.90. The van der Waals surface area contributed by atoms with Crippen molar-refractivity contribution in [1.82, 2.24) is 30.3 Å². The van der Waals surface area contributed by atoms with Crippen LogP contribution in [0.3, 0.4) is 0 Å². The second kappa shape index (κ2) is 6.66. The minimum absolute atomic E-state index is 0.0280. The minimum Gasteiger partial charge on any atom is -0.337 e.